The Balaban J connectivity index is 1.24. The van der Waals surface area contributed by atoms with Crippen LogP contribution in [-0.2, 0) is 19.5 Å². The van der Waals surface area contributed by atoms with Gasteiger partial charge in [0.25, 0.3) is 5.89 Å². The molecule has 0 N–H and O–H groups in total. The first kappa shape index (κ1) is 21.1. The SMILES string of the molecule is CC1(C)OB(c2ccc(C3(c4noc(-c5cnn(C6COC6)c5)n4)CCC3)cc2)OC1(C)C. The lowest BCUT2D eigenvalue weighted by molar-refractivity contribution is -0.0286. The van der Waals surface area contributed by atoms with E-state index in [0.717, 1.165) is 36.1 Å². The van der Waals surface area contributed by atoms with Gasteiger partial charge in [-0.25, -0.2) is 0 Å². The normalized spacial score (nSPS) is 23.3. The van der Waals surface area contributed by atoms with Gasteiger partial charge in [0.2, 0.25) is 0 Å². The molecule has 0 atom stereocenters. The van der Waals surface area contributed by atoms with Gasteiger partial charge in [0.1, 0.15) is 0 Å². The first-order chi connectivity index (χ1) is 15.8. The molecule has 0 amide bonds. The summed E-state index contributed by atoms with van der Waals surface area (Å²) in [6, 6.07) is 8.81. The molecule has 0 bridgehead atoms. The van der Waals surface area contributed by atoms with Crippen molar-refractivity contribution in [3.63, 3.8) is 0 Å². The molecule has 1 aromatic carbocycles. The van der Waals surface area contributed by atoms with E-state index in [4.69, 9.17) is 23.6 Å². The van der Waals surface area contributed by atoms with Gasteiger partial charge in [-0.15, -0.1) is 0 Å². The number of rotatable bonds is 5. The Bertz CT molecular complexity index is 1150. The average Bonchev–Trinajstić information content (AvgIpc) is 3.39. The summed E-state index contributed by atoms with van der Waals surface area (Å²) < 4.78 is 25.2. The number of aromatic nitrogens is 4. The number of ether oxygens (including phenoxy) is 1. The van der Waals surface area contributed by atoms with Crippen molar-refractivity contribution in [2.75, 3.05) is 13.2 Å². The molecule has 0 unspecified atom stereocenters. The van der Waals surface area contributed by atoms with Crippen LogP contribution >= 0.6 is 0 Å². The summed E-state index contributed by atoms with van der Waals surface area (Å²) in [5, 5.41) is 8.82. The molecule has 33 heavy (non-hydrogen) atoms. The lowest BCUT2D eigenvalue weighted by Crippen LogP contribution is -2.41. The van der Waals surface area contributed by atoms with Crippen LogP contribution in [-0.4, -0.2) is 51.5 Å². The van der Waals surface area contributed by atoms with Gasteiger partial charge in [-0.2, -0.15) is 10.1 Å². The van der Waals surface area contributed by atoms with Crippen molar-refractivity contribution < 1.29 is 18.6 Å². The second kappa shape index (κ2) is 7.25. The Morgan fingerprint density at radius 2 is 1.70 bits per heavy atom. The minimum absolute atomic E-state index is 0.214. The maximum Gasteiger partial charge on any atom is 0.494 e. The van der Waals surface area contributed by atoms with E-state index in [1.54, 1.807) is 6.20 Å². The van der Waals surface area contributed by atoms with E-state index in [1.165, 1.54) is 5.56 Å². The van der Waals surface area contributed by atoms with Gasteiger partial charge in [-0.1, -0.05) is 35.8 Å². The highest BCUT2D eigenvalue weighted by Crippen LogP contribution is 2.48. The highest BCUT2D eigenvalue weighted by atomic mass is 16.7. The summed E-state index contributed by atoms with van der Waals surface area (Å²) >= 11 is 0. The minimum Gasteiger partial charge on any atom is -0.399 e. The number of hydrogen-bond acceptors (Lipinski definition) is 7. The fourth-order valence-electron chi connectivity index (χ4n) is 4.67. The number of hydrogen-bond donors (Lipinski definition) is 0. The zero-order chi connectivity index (χ0) is 22.8. The van der Waals surface area contributed by atoms with Gasteiger partial charge in [0.05, 0.1) is 47.6 Å². The van der Waals surface area contributed by atoms with Crippen LogP contribution < -0.4 is 5.46 Å². The zero-order valence-corrected chi connectivity index (χ0v) is 19.6. The van der Waals surface area contributed by atoms with Crippen molar-refractivity contribution in [2.45, 2.75) is 69.6 Å². The fourth-order valence-corrected chi connectivity index (χ4v) is 4.67. The summed E-state index contributed by atoms with van der Waals surface area (Å²) in [6.45, 7) is 9.68. The second-order valence-electron chi connectivity index (χ2n) is 10.5. The molecule has 0 radical (unpaired) electrons. The lowest BCUT2D eigenvalue weighted by Gasteiger charge is -2.39. The van der Waals surface area contributed by atoms with Gasteiger partial charge in [0, 0.05) is 6.20 Å². The fraction of sp³-hybridized carbons (Fsp3) is 0.542. The van der Waals surface area contributed by atoms with Crippen LogP contribution in [0.2, 0.25) is 0 Å². The number of nitrogens with zero attached hydrogens (tertiary/aromatic N) is 4. The standard InChI is InChI=1S/C24H29BN4O4/c1-22(2)23(3,4)33-25(32-22)18-8-6-17(7-9-18)24(10-5-11-24)21-27-20(31-28-21)16-12-26-29(13-16)19-14-30-15-19/h6-9,12-13,19H,5,10-11,14-15H2,1-4H3. The van der Waals surface area contributed by atoms with Crippen LogP contribution in [0, 0.1) is 0 Å². The van der Waals surface area contributed by atoms with Crippen molar-refractivity contribution in [3.8, 4) is 11.5 Å². The lowest BCUT2D eigenvalue weighted by atomic mass is 9.63. The maximum absolute atomic E-state index is 6.21. The Morgan fingerprint density at radius 3 is 2.27 bits per heavy atom. The third kappa shape index (κ3) is 3.28. The molecule has 2 aromatic heterocycles. The molecular formula is C24H29BN4O4. The van der Waals surface area contributed by atoms with Crippen LogP contribution in [0.4, 0.5) is 0 Å². The van der Waals surface area contributed by atoms with Crippen molar-refractivity contribution in [1.29, 1.82) is 0 Å². The smallest absolute Gasteiger partial charge is 0.399 e. The molecule has 6 rings (SSSR count). The third-order valence-electron chi connectivity index (χ3n) is 7.89. The molecule has 9 heteroatoms. The van der Waals surface area contributed by atoms with Crippen LogP contribution in [0.3, 0.4) is 0 Å². The van der Waals surface area contributed by atoms with E-state index in [-0.39, 0.29) is 23.7 Å². The Kier molecular flexibility index (Phi) is 4.63. The van der Waals surface area contributed by atoms with Crippen molar-refractivity contribution in [1.82, 2.24) is 19.9 Å². The summed E-state index contributed by atoms with van der Waals surface area (Å²) in [5.41, 5.74) is 2.13. The molecule has 1 aliphatic carbocycles. The van der Waals surface area contributed by atoms with E-state index in [0.29, 0.717) is 25.1 Å². The van der Waals surface area contributed by atoms with Crippen molar-refractivity contribution >= 4 is 12.6 Å². The summed E-state index contributed by atoms with van der Waals surface area (Å²) in [4.78, 5) is 4.79. The van der Waals surface area contributed by atoms with E-state index >= 15 is 0 Å². The van der Waals surface area contributed by atoms with Crippen LogP contribution in [0.5, 0.6) is 0 Å². The van der Waals surface area contributed by atoms with Gasteiger partial charge in [0.15, 0.2) is 5.82 Å². The summed E-state index contributed by atoms with van der Waals surface area (Å²) in [7, 11) is -0.365. The zero-order valence-electron chi connectivity index (χ0n) is 19.6. The molecule has 2 saturated heterocycles. The largest absolute Gasteiger partial charge is 0.494 e. The molecule has 0 spiro atoms. The van der Waals surface area contributed by atoms with Crippen molar-refractivity contribution in [2.24, 2.45) is 0 Å². The predicted molar refractivity (Wildman–Crippen MR) is 122 cm³/mol. The summed E-state index contributed by atoms with van der Waals surface area (Å²) in [6.07, 6.45) is 6.88. The third-order valence-corrected chi connectivity index (χ3v) is 7.89. The Labute approximate surface area is 193 Å². The highest BCUT2D eigenvalue weighted by Gasteiger charge is 2.52. The highest BCUT2D eigenvalue weighted by molar-refractivity contribution is 6.62. The molecule has 3 aliphatic rings. The minimum atomic E-state index is -0.365. The van der Waals surface area contributed by atoms with Gasteiger partial charge in [-0.3, -0.25) is 4.68 Å². The Morgan fingerprint density at radius 1 is 1.00 bits per heavy atom. The Hall–Kier alpha value is -2.49. The van der Waals surface area contributed by atoms with Gasteiger partial charge < -0.3 is 18.6 Å². The monoisotopic (exact) mass is 448 g/mol. The molecule has 1 saturated carbocycles. The first-order valence-corrected chi connectivity index (χ1v) is 11.7. The van der Waals surface area contributed by atoms with E-state index < -0.39 is 0 Å². The maximum atomic E-state index is 6.21. The van der Waals surface area contributed by atoms with E-state index in [2.05, 4.69) is 62.2 Å². The van der Waals surface area contributed by atoms with Crippen LogP contribution in [0.15, 0.2) is 41.2 Å². The van der Waals surface area contributed by atoms with Crippen LogP contribution in [0.1, 0.15) is 64.4 Å². The van der Waals surface area contributed by atoms with Gasteiger partial charge in [-0.05, 0) is 51.6 Å². The molecule has 3 fully saturated rings. The second-order valence-corrected chi connectivity index (χ2v) is 10.5. The quantitative estimate of drug-likeness (QED) is 0.554. The molecule has 2 aliphatic heterocycles. The predicted octanol–water partition coefficient (Wildman–Crippen LogP) is 3.27. The molecule has 172 valence electrons. The first-order valence-electron chi connectivity index (χ1n) is 11.7. The number of benzene rings is 1. The van der Waals surface area contributed by atoms with E-state index in [9.17, 15) is 0 Å². The average molecular weight is 448 g/mol. The molecule has 4 heterocycles. The summed E-state index contributed by atoms with van der Waals surface area (Å²) in [5.74, 6) is 1.25. The molecule has 8 nitrogen and oxygen atoms in total. The van der Waals surface area contributed by atoms with Crippen molar-refractivity contribution in [3.05, 3.63) is 48.0 Å². The topological polar surface area (TPSA) is 84.4 Å². The molecular weight excluding hydrogens is 419 g/mol. The van der Waals surface area contributed by atoms with Crippen LogP contribution in [0.25, 0.3) is 11.5 Å². The molecule has 3 aromatic rings. The van der Waals surface area contributed by atoms with Gasteiger partial charge >= 0.3 is 7.12 Å². The van der Waals surface area contributed by atoms with E-state index in [1.807, 2.05) is 10.9 Å².